The number of rotatable bonds is 3. The number of piperidine rings is 1. The van der Waals surface area contributed by atoms with Gasteiger partial charge in [0, 0.05) is 55.1 Å². The first-order valence-electron chi connectivity index (χ1n) is 10.2. The smallest absolute Gasteiger partial charge is 0.254 e. The van der Waals surface area contributed by atoms with Crippen LogP contribution in [0.3, 0.4) is 0 Å². The highest BCUT2D eigenvalue weighted by molar-refractivity contribution is 5.93. The molecule has 2 aliphatic rings. The summed E-state index contributed by atoms with van der Waals surface area (Å²) in [6.45, 7) is 9.03. The molecule has 0 unspecified atom stereocenters. The Labute approximate surface area is 171 Å². The van der Waals surface area contributed by atoms with Gasteiger partial charge in [0.25, 0.3) is 5.91 Å². The molecule has 1 atom stereocenters. The molecule has 0 aliphatic carbocycles. The fourth-order valence-electron chi connectivity index (χ4n) is 3.65. The van der Waals surface area contributed by atoms with Gasteiger partial charge in [-0.1, -0.05) is 20.8 Å². The number of ether oxygens (including phenoxy) is 1. The molecule has 2 aromatic heterocycles. The summed E-state index contributed by atoms with van der Waals surface area (Å²) in [5.74, 6) is 1.33. The van der Waals surface area contributed by atoms with E-state index in [9.17, 15) is 4.79 Å². The second kappa shape index (κ2) is 8.02. The number of carbonyl (C=O) groups excluding carboxylic acids is 1. The van der Waals surface area contributed by atoms with Crippen LogP contribution in [0.25, 0.3) is 0 Å². The predicted octanol–water partition coefficient (Wildman–Crippen LogP) is 2.04. The van der Waals surface area contributed by atoms with Crippen molar-refractivity contribution in [1.29, 1.82) is 0 Å². The molecule has 1 amide bonds. The fourth-order valence-corrected chi connectivity index (χ4v) is 3.65. The highest BCUT2D eigenvalue weighted by Gasteiger charge is 2.25. The molecule has 4 rings (SSSR count). The van der Waals surface area contributed by atoms with Crippen LogP contribution in [-0.2, 0) is 23.2 Å². The Balaban J connectivity index is 1.40. The van der Waals surface area contributed by atoms with E-state index >= 15 is 0 Å². The van der Waals surface area contributed by atoms with Crippen molar-refractivity contribution in [1.82, 2.24) is 25.3 Å². The summed E-state index contributed by atoms with van der Waals surface area (Å²) in [6, 6.07) is 0.0431. The van der Waals surface area contributed by atoms with E-state index < -0.39 is 0 Å². The number of aromatic nitrogens is 4. The zero-order valence-corrected chi connectivity index (χ0v) is 17.3. The van der Waals surface area contributed by atoms with Crippen LogP contribution in [0, 0.1) is 0 Å². The van der Waals surface area contributed by atoms with Gasteiger partial charge in [-0.05, 0) is 12.8 Å². The van der Waals surface area contributed by atoms with Crippen LogP contribution in [0.1, 0.15) is 61.1 Å². The summed E-state index contributed by atoms with van der Waals surface area (Å²) < 4.78 is 5.46. The Morgan fingerprint density at radius 1 is 1.21 bits per heavy atom. The molecular weight excluding hydrogens is 368 g/mol. The number of amides is 1. The minimum atomic E-state index is -0.139. The summed E-state index contributed by atoms with van der Waals surface area (Å²) in [7, 11) is 0. The van der Waals surface area contributed by atoms with Crippen LogP contribution < -0.4 is 10.2 Å². The van der Waals surface area contributed by atoms with Crippen LogP contribution in [-0.4, -0.2) is 51.6 Å². The SMILES string of the molecule is CC(C)(C)c1ncc(C(=O)N[C@@H]2CCCN(c3ncc4c(n3)CCOC4)C2)cn1. The average Bonchev–Trinajstić information content (AvgIpc) is 2.73. The van der Waals surface area contributed by atoms with Crippen LogP contribution >= 0.6 is 0 Å². The molecule has 0 spiro atoms. The van der Waals surface area contributed by atoms with Crippen molar-refractivity contribution in [3.05, 3.63) is 41.2 Å². The summed E-state index contributed by atoms with van der Waals surface area (Å²) in [4.78, 5) is 32.8. The van der Waals surface area contributed by atoms with Crippen molar-refractivity contribution in [3.8, 4) is 0 Å². The monoisotopic (exact) mass is 396 g/mol. The number of hydrogen-bond donors (Lipinski definition) is 1. The van der Waals surface area contributed by atoms with Crippen molar-refractivity contribution < 1.29 is 9.53 Å². The second-order valence-corrected chi connectivity index (χ2v) is 8.75. The number of anilines is 1. The summed E-state index contributed by atoms with van der Waals surface area (Å²) >= 11 is 0. The largest absolute Gasteiger partial charge is 0.376 e. The van der Waals surface area contributed by atoms with Gasteiger partial charge in [0.05, 0.1) is 24.5 Å². The van der Waals surface area contributed by atoms with E-state index in [1.54, 1.807) is 12.4 Å². The first kappa shape index (κ1) is 19.7. The van der Waals surface area contributed by atoms with Gasteiger partial charge in [0.1, 0.15) is 5.82 Å². The van der Waals surface area contributed by atoms with Crippen LogP contribution in [0.2, 0.25) is 0 Å². The van der Waals surface area contributed by atoms with E-state index in [2.05, 4.69) is 45.9 Å². The van der Waals surface area contributed by atoms with Gasteiger partial charge in [0.2, 0.25) is 5.95 Å². The minimum Gasteiger partial charge on any atom is -0.376 e. The second-order valence-electron chi connectivity index (χ2n) is 8.75. The lowest BCUT2D eigenvalue weighted by Gasteiger charge is -2.33. The number of nitrogens with one attached hydrogen (secondary N) is 1. The Bertz CT molecular complexity index is 878. The maximum absolute atomic E-state index is 12.7. The maximum Gasteiger partial charge on any atom is 0.254 e. The molecule has 4 heterocycles. The molecule has 8 heteroatoms. The third-order valence-electron chi connectivity index (χ3n) is 5.31. The number of fused-ring (bicyclic) bond motifs is 1. The lowest BCUT2D eigenvalue weighted by Crippen LogP contribution is -2.48. The van der Waals surface area contributed by atoms with Gasteiger partial charge in [-0.2, -0.15) is 0 Å². The summed E-state index contributed by atoms with van der Waals surface area (Å²) in [5, 5.41) is 3.12. The van der Waals surface area contributed by atoms with Crippen LogP contribution in [0.15, 0.2) is 18.6 Å². The molecule has 1 fully saturated rings. The topological polar surface area (TPSA) is 93.1 Å². The molecule has 29 heavy (non-hydrogen) atoms. The van der Waals surface area contributed by atoms with Crippen LogP contribution in [0.4, 0.5) is 5.95 Å². The molecule has 0 saturated carbocycles. The molecule has 0 radical (unpaired) electrons. The van der Waals surface area contributed by atoms with E-state index in [4.69, 9.17) is 9.72 Å². The predicted molar refractivity (Wildman–Crippen MR) is 109 cm³/mol. The third-order valence-corrected chi connectivity index (χ3v) is 5.31. The minimum absolute atomic E-state index is 0.0431. The lowest BCUT2D eigenvalue weighted by atomic mass is 9.96. The number of nitrogens with zero attached hydrogens (tertiary/aromatic N) is 5. The molecule has 1 N–H and O–H groups in total. The quantitative estimate of drug-likeness (QED) is 0.848. The van der Waals surface area contributed by atoms with Crippen molar-refractivity contribution >= 4 is 11.9 Å². The van der Waals surface area contributed by atoms with E-state index in [0.29, 0.717) is 25.3 Å². The van der Waals surface area contributed by atoms with E-state index in [-0.39, 0.29) is 17.4 Å². The van der Waals surface area contributed by atoms with Gasteiger partial charge in [-0.3, -0.25) is 4.79 Å². The average molecular weight is 396 g/mol. The molecule has 0 aromatic carbocycles. The molecule has 0 bridgehead atoms. The van der Waals surface area contributed by atoms with Crippen molar-refractivity contribution in [2.75, 3.05) is 24.6 Å². The Kier molecular flexibility index (Phi) is 5.45. The fraction of sp³-hybridized carbons (Fsp3) is 0.571. The van der Waals surface area contributed by atoms with Gasteiger partial charge < -0.3 is 15.0 Å². The zero-order chi connectivity index (χ0) is 20.4. The van der Waals surface area contributed by atoms with Crippen LogP contribution in [0.5, 0.6) is 0 Å². The van der Waals surface area contributed by atoms with Crippen molar-refractivity contribution in [2.24, 2.45) is 0 Å². The standard InChI is InChI=1S/C21H28N6O2/c1-21(2,3)19-22-9-14(10-23-19)18(28)25-16-5-4-7-27(12-16)20-24-11-15-13-29-8-6-17(15)26-20/h9-11,16H,4-8,12-13H2,1-3H3,(H,25,28)/t16-/m1/s1. The van der Waals surface area contributed by atoms with Crippen molar-refractivity contribution in [2.45, 2.75) is 58.1 Å². The molecule has 8 nitrogen and oxygen atoms in total. The zero-order valence-electron chi connectivity index (χ0n) is 17.3. The van der Waals surface area contributed by atoms with Gasteiger partial charge in [0.15, 0.2) is 0 Å². The molecular formula is C21H28N6O2. The first-order valence-corrected chi connectivity index (χ1v) is 10.2. The van der Waals surface area contributed by atoms with E-state index in [1.165, 1.54) is 0 Å². The molecule has 1 saturated heterocycles. The first-order chi connectivity index (χ1) is 13.9. The Morgan fingerprint density at radius 2 is 2.00 bits per heavy atom. The highest BCUT2D eigenvalue weighted by Crippen LogP contribution is 2.21. The Hall–Kier alpha value is -2.61. The third kappa shape index (κ3) is 4.53. The molecule has 2 aliphatic heterocycles. The summed E-state index contributed by atoms with van der Waals surface area (Å²) in [6.07, 6.45) is 7.82. The maximum atomic E-state index is 12.7. The van der Waals surface area contributed by atoms with E-state index in [0.717, 1.165) is 48.8 Å². The highest BCUT2D eigenvalue weighted by atomic mass is 16.5. The van der Waals surface area contributed by atoms with Gasteiger partial charge in [-0.15, -0.1) is 0 Å². The number of carbonyl (C=O) groups is 1. The van der Waals surface area contributed by atoms with Crippen molar-refractivity contribution in [3.63, 3.8) is 0 Å². The van der Waals surface area contributed by atoms with Gasteiger partial charge >= 0.3 is 0 Å². The molecule has 2 aromatic rings. The molecule has 154 valence electrons. The van der Waals surface area contributed by atoms with E-state index in [1.807, 2.05) is 6.20 Å². The summed E-state index contributed by atoms with van der Waals surface area (Å²) in [5.41, 5.74) is 2.49. The Morgan fingerprint density at radius 3 is 2.76 bits per heavy atom. The van der Waals surface area contributed by atoms with Gasteiger partial charge in [-0.25, -0.2) is 19.9 Å². The number of hydrogen-bond acceptors (Lipinski definition) is 7. The normalized spacial score (nSPS) is 19.6. The lowest BCUT2D eigenvalue weighted by molar-refractivity contribution is 0.0932.